The number of nitrogens with zero attached hydrogens (tertiary/aromatic N) is 2. The van der Waals surface area contributed by atoms with Crippen molar-refractivity contribution in [3.8, 4) is 0 Å². The highest BCUT2D eigenvalue weighted by molar-refractivity contribution is 5.93. The Balaban J connectivity index is 2.15. The fourth-order valence-corrected chi connectivity index (χ4v) is 2.01. The van der Waals surface area contributed by atoms with E-state index in [-0.39, 0.29) is 17.0 Å². The summed E-state index contributed by atoms with van der Waals surface area (Å²) in [6.07, 6.45) is 2.49. The van der Waals surface area contributed by atoms with E-state index >= 15 is 0 Å². The highest BCUT2D eigenvalue weighted by atomic mass is 16.2. The molecular formula is C12H17N3O2. The summed E-state index contributed by atoms with van der Waals surface area (Å²) in [6, 6.07) is 3.26. The van der Waals surface area contributed by atoms with Crippen LogP contribution >= 0.6 is 0 Å². The molecule has 0 unspecified atom stereocenters. The molecule has 17 heavy (non-hydrogen) atoms. The number of likely N-dealkylation sites (N-methyl/N-ethyl adjacent to an activating group) is 1. The number of hydrogen-bond acceptors (Lipinski definition) is 3. The number of H-pyrrole nitrogens is 1. The van der Waals surface area contributed by atoms with Gasteiger partial charge >= 0.3 is 0 Å². The normalized spacial score (nSPS) is 17.8. The van der Waals surface area contributed by atoms with Gasteiger partial charge in [0, 0.05) is 25.8 Å². The maximum Gasteiger partial charge on any atom is 0.260 e. The van der Waals surface area contributed by atoms with Crippen LogP contribution in [-0.4, -0.2) is 53.9 Å². The Bertz CT molecular complexity index is 455. The average molecular weight is 235 g/mol. The standard InChI is InChI=1S/C12H17N3O2/c1-14-6-3-7-15(9-8-14)12(17)10-4-2-5-13-11(10)16/h2,4-5H,3,6-9H2,1H3,(H,13,16). The van der Waals surface area contributed by atoms with Crippen molar-refractivity contribution >= 4 is 5.91 Å². The molecular weight excluding hydrogens is 218 g/mol. The SMILES string of the molecule is CN1CCCN(C(=O)c2ccc[nH]c2=O)CC1. The predicted octanol–water partition coefficient (Wildman–Crippen LogP) is 0.153. The summed E-state index contributed by atoms with van der Waals surface area (Å²) in [5.74, 6) is -0.165. The molecule has 1 N–H and O–H groups in total. The summed E-state index contributed by atoms with van der Waals surface area (Å²) < 4.78 is 0. The van der Waals surface area contributed by atoms with Crippen molar-refractivity contribution in [2.24, 2.45) is 0 Å². The third-order valence-corrected chi connectivity index (χ3v) is 3.06. The summed E-state index contributed by atoms with van der Waals surface area (Å²) in [7, 11) is 2.04. The molecule has 0 aliphatic carbocycles. The second-order valence-electron chi connectivity index (χ2n) is 4.36. The predicted molar refractivity (Wildman–Crippen MR) is 65.1 cm³/mol. The summed E-state index contributed by atoms with van der Waals surface area (Å²) in [5, 5.41) is 0. The average Bonchev–Trinajstić information content (AvgIpc) is 2.54. The molecule has 1 aromatic rings. The van der Waals surface area contributed by atoms with E-state index in [2.05, 4.69) is 9.88 Å². The molecule has 0 radical (unpaired) electrons. The van der Waals surface area contributed by atoms with Gasteiger partial charge in [-0.15, -0.1) is 0 Å². The molecule has 1 aliphatic rings. The molecule has 0 saturated carbocycles. The van der Waals surface area contributed by atoms with Gasteiger partial charge in [-0.05, 0) is 32.1 Å². The van der Waals surface area contributed by atoms with Crippen LogP contribution in [0.25, 0.3) is 0 Å². The zero-order chi connectivity index (χ0) is 12.3. The number of rotatable bonds is 1. The Hall–Kier alpha value is -1.62. The smallest absolute Gasteiger partial charge is 0.260 e. The first-order valence-electron chi connectivity index (χ1n) is 5.84. The minimum atomic E-state index is -0.310. The Labute approximate surface area is 100 Å². The molecule has 92 valence electrons. The molecule has 1 fully saturated rings. The number of carbonyl (C=O) groups excluding carboxylic acids is 1. The number of aromatic amines is 1. The summed E-state index contributed by atoms with van der Waals surface area (Å²) in [4.78, 5) is 30.2. The lowest BCUT2D eigenvalue weighted by Gasteiger charge is -2.20. The largest absolute Gasteiger partial charge is 0.337 e. The number of carbonyl (C=O) groups is 1. The van der Waals surface area contributed by atoms with Crippen molar-refractivity contribution in [3.63, 3.8) is 0 Å². The monoisotopic (exact) mass is 235 g/mol. The molecule has 0 spiro atoms. The molecule has 1 aromatic heterocycles. The zero-order valence-electron chi connectivity index (χ0n) is 9.98. The third-order valence-electron chi connectivity index (χ3n) is 3.06. The first-order valence-corrected chi connectivity index (χ1v) is 5.84. The van der Waals surface area contributed by atoms with Crippen LogP contribution in [-0.2, 0) is 0 Å². The minimum absolute atomic E-state index is 0.165. The third kappa shape index (κ3) is 2.74. The molecule has 1 aliphatic heterocycles. The van der Waals surface area contributed by atoms with E-state index in [1.54, 1.807) is 17.0 Å². The van der Waals surface area contributed by atoms with E-state index in [1.165, 1.54) is 6.20 Å². The highest BCUT2D eigenvalue weighted by Gasteiger charge is 2.20. The first kappa shape index (κ1) is 11.9. The minimum Gasteiger partial charge on any atom is -0.337 e. The van der Waals surface area contributed by atoms with Crippen LogP contribution in [0.5, 0.6) is 0 Å². The molecule has 2 heterocycles. The van der Waals surface area contributed by atoms with E-state index in [0.29, 0.717) is 6.54 Å². The van der Waals surface area contributed by atoms with Gasteiger partial charge in [0.15, 0.2) is 0 Å². The van der Waals surface area contributed by atoms with Gasteiger partial charge in [0.2, 0.25) is 0 Å². The summed E-state index contributed by atoms with van der Waals surface area (Å²) in [6.45, 7) is 3.26. The van der Waals surface area contributed by atoms with Crippen molar-refractivity contribution in [2.75, 3.05) is 33.2 Å². The van der Waals surface area contributed by atoms with Crippen LogP contribution in [0.3, 0.4) is 0 Å². The maximum atomic E-state index is 12.2. The maximum absolute atomic E-state index is 12.2. The van der Waals surface area contributed by atoms with Gasteiger partial charge < -0.3 is 14.8 Å². The van der Waals surface area contributed by atoms with Gasteiger partial charge in [-0.1, -0.05) is 0 Å². The number of pyridine rings is 1. The Morgan fingerprint density at radius 2 is 2.12 bits per heavy atom. The second kappa shape index (κ2) is 5.14. The van der Waals surface area contributed by atoms with Crippen molar-refractivity contribution in [1.29, 1.82) is 0 Å². The van der Waals surface area contributed by atoms with Crippen molar-refractivity contribution in [3.05, 3.63) is 34.2 Å². The molecule has 0 aromatic carbocycles. The van der Waals surface area contributed by atoms with Crippen molar-refractivity contribution < 1.29 is 4.79 Å². The topological polar surface area (TPSA) is 56.4 Å². The van der Waals surface area contributed by atoms with Crippen LogP contribution in [0.1, 0.15) is 16.8 Å². The van der Waals surface area contributed by atoms with Crippen LogP contribution < -0.4 is 5.56 Å². The number of nitrogens with one attached hydrogen (secondary N) is 1. The van der Waals surface area contributed by atoms with E-state index in [1.807, 2.05) is 7.05 Å². The fourth-order valence-electron chi connectivity index (χ4n) is 2.01. The molecule has 5 heteroatoms. The van der Waals surface area contributed by atoms with Gasteiger partial charge in [-0.3, -0.25) is 9.59 Å². The molecule has 0 atom stereocenters. The van der Waals surface area contributed by atoms with Gasteiger partial charge in [-0.25, -0.2) is 0 Å². The number of hydrogen-bond donors (Lipinski definition) is 1. The lowest BCUT2D eigenvalue weighted by molar-refractivity contribution is 0.0761. The van der Waals surface area contributed by atoms with Gasteiger partial charge in [0.25, 0.3) is 11.5 Å². The van der Waals surface area contributed by atoms with Crippen LogP contribution in [0.4, 0.5) is 0 Å². The van der Waals surface area contributed by atoms with Crippen LogP contribution in [0.2, 0.25) is 0 Å². The van der Waals surface area contributed by atoms with Gasteiger partial charge in [0.05, 0.1) is 0 Å². The Kier molecular flexibility index (Phi) is 3.58. The highest BCUT2D eigenvalue weighted by Crippen LogP contribution is 2.05. The summed E-state index contributed by atoms with van der Waals surface area (Å²) >= 11 is 0. The fraction of sp³-hybridized carbons (Fsp3) is 0.500. The molecule has 1 saturated heterocycles. The van der Waals surface area contributed by atoms with E-state index in [4.69, 9.17) is 0 Å². The van der Waals surface area contributed by atoms with E-state index < -0.39 is 0 Å². The first-order chi connectivity index (χ1) is 8.18. The van der Waals surface area contributed by atoms with Crippen LogP contribution in [0, 0.1) is 0 Å². The number of amides is 1. The molecule has 1 amide bonds. The van der Waals surface area contributed by atoms with Gasteiger partial charge in [-0.2, -0.15) is 0 Å². The lowest BCUT2D eigenvalue weighted by atomic mass is 10.2. The van der Waals surface area contributed by atoms with Crippen LogP contribution in [0.15, 0.2) is 23.1 Å². The molecule has 5 nitrogen and oxygen atoms in total. The second-order valence-corrected chi connectivity index (χ2v) is 4.36. The van der Waals surface area contributed by atoms with Crippen molar-refractivity contribution in [1.82, 2.24) is 14.8 Å². The van der Waals surface area contributed by atoms with E-state index in [0.717, 1.165) is 26.1 Å². The Morgan fingerprint density at radius 1 is 1.29 bits per heavy atom. The van der Waals surface area contributed by atoms with E-state index in [9.17, 15) is 9.59 Å². The molecule has 0 bridgehead atoms. The lowest BCUT2D eigenvalue weighted by Crippen LogP contribution is -2.37. The molecule has 2 rings (SSSR count). The number of aromatic nitrogens is 1. The Morgan fingerprint density at radius 3 is 2.88 bits per heavy atom. The quantitative estimate of drug-likeness (QED) is 0.754. The summed E-state index contributed by atoms with van der Waals surface area (Å²) in [5.41, 5.74) is -0.0767. The van der Waals surface area contributed by atoms with Crippen molar-refractivity contribution in [2.45, 2.75) is 6.42 Å². The zero-order valence-corrected chi connectivity index (χ0v) is 9.98. The van der Waals surface area contributed by atoms with Gasteiger partial charge in [0.1, 0.15) is 5.56 Å².